The molecule has 0 aromatic heterocycles. The van der Waals surface area contributed by atoms with Crippen molar-refractivity contribution < 1.29 is 9.47 Å². The van der Waals surface area contributed by atoms with Crippen LogP contribution in [-0.2, 0) is 11.3 Å². The predicted molar refractivity (Wildman–Crippen MR) is 81.1 cm³/mol. The summed E-state index contributed by atoms with van der Waals surface area (Å²) in [7, 11) is 1.71. The maximum absolute atomic E-state index is 5.82. The molecule has 0 amide bonds. The predicted octanol–water partition coefficient (Wildman–Crippen LogP) is 1.89. The summed E-state index contributed by atoms with van der Waals surface area (Å²) in [4.78, 5) is 2.47. The number of rotatable bonds is 6. The molecule has 112 valence electrons. The molecule has 0 aliphatic carbocycles. The fourth-order valence-corrected chi connectivity index (χ4v) is 2.55. The highest BCUT2D eigenvalue weighted by molar-refractivity contribution is 5.32. The summed E-state index contributed by atoms with van der Waals surface area (Å²) in [5, 5.41) is 3.47. The summed E-state index contributed by atoms with van der Waals surface area (Å²) in [6.07, 6.45) is 0.279. The van der Waals surface area contributed by atoms with Gasteiger partial charge < -0.3 is 14.8 Å². The van der Waals surface area contributed by atoms with Crippen molar-refractivity contribution in [3.8, 4) is 5.75 Å². The topological polar surface area (TPSA) is 33.7 Å². The van der Waals surface area contributed by atoms with Crippen molar-refractivity contribution in [1.29, 1.82) is 0 Å². The second kappa shape index (κ2) is 7.62. The zero-order valence-corrected chi connectivity index (χ0v) is 12.8. The number of ether oxygens (including phenoxy) is 2. The zero-order valence-electron chi connectivity index (χ0n) is 12.8. The smallest absolute Gasteiger partial charge is 0.123 e. The van der Waals surface area contributed by atoms with Crippen molar-refractivity contribution in [2.75, 3.05) is 33.4 Å². The molecule has 1 unspecified atom stereocenters. The first kappa shape index (κ1) is 15.3. The third-order valence-electron chi connectivity index (χ3n) is 3.78. The van der Waals surface area contributed by atoms with Gasteiger partial charge in [-0.1, -0.05) is 18.2 Å². The number of morpholine rings is 1. The maximum atomic E-state index is 5.82. The molecule has 4 nitrogen and oxygen atoms in total. The van der Waals surface area contributed by atoms with Crippen molar-refractivity contribution in [3.05, 3.63) is 29.8 Å². The van der Waals surface area contributed by atoms with Crippen LogP contribution in [-0.4, -0.2) is 50.4 Å². The van der Waals surface area contributed by atoms with Crippen LogP contribution < -0.4 is 10.1 Å². The summed E-state index contributed by atoms with van der Waals surface area (Å²) in [5.41, 5.74) is 1.19. The molecule has 0 spiro atoms. The van der Waals surface area contributed by atoms with Gasteiger partial charge in [-0.05, 0) is 19.9 Å². The van der Waals surface area contributed by atoms with Crippen LogP contribution in [0.3, 0.4) is 0 Å². The second-order valence-electron chi connectivity index (χ2n) is 5.52. The highest BCUT2D eigenvalue weighted by atomic mass is 16.5. The molecule has 0 bridgehead atoms. The van der Waals surface area contributed by atoms with Crippen molar-refractivity contribution in [2.24, 2.45) is 0 Å². The lowest BCUT2D eigenvalue weighted by Crippen LogP contribution is -2.48. The second-order valence-corrected chi connectivity index (χ2v) is 5.52. The molecule has 1 aromatic rings. The number of hydrogen-bond donors (Lipinski definition) is 1. The van der Waals surface area contributed by atoms with Crippen LogP contribution in [0.15, 0.2) is 24.3 Å². The molecule has 1 fully saturated rings. The van der Waals surface area contributed by atoms with Crippen molar-refractivity contribution in [2.45, 2.75) is 32.5 Å². The van der Waals surface area contributed by atoms with E-state index in [2.05, 4.69) is 30.1 Å². The summed E-state index contributed by atoms with van der Waals surface area (Å²) >= 11 is 0. The summed E-state index contributed by atoms with van der Waals surface area (Å²) in [6, 6.07) is 8.71. The summed E-state index contributed by atoms with van der Waals surface area (Å²) in [6.45, 7) is 9.05. The van der Waals surface area contributed by atoms with Gasteiger partial charge in [-0.3, -0.25) is 4.90 Å². The SMILES string of the molecule is COc1ccccc1CNCC1CN(C(C)C)CCO1. The van der Waals surface area contributed by atoms with Crippen LogP contribution in [0, 0.1) is 0 Å². The molecule has 20 heavy (non-hydrogen) atoms. The molecular weight excluding hydrogens is 252 g/mol. The van der Waals surface area contributed by atoms with E-state index >= 15 is 0 Å². The number of methoxy groups -OCH3 is 1. The molecule has 1 atom stereocenters. The summed E-state index contributed by atoms with van der Waals surface area (Å²) in [5.74, 6) is 0.938. The normalized spacial score (nSPS) is 20.3. The molecule has 0 saturated carbocycles. The number of hydrogen-bond acceptors (Lipinski definition) is 4. The van der Waals surface area contributed by atoms with Gasteiger partial charge in [-0.2, -0.15) is 0 Å². The molecule has 1 saturated heterocycles. The zero-order chi connectivity index (χ0) is 14.4. The van der Waals surface area contributed by atoms with Gasteiger partial charge in [0.1, 0.15) is 5.75 Å². The Hall–Kier alpha value is -1.10. The average Bonchev–Trinajstić information content (AvgIpc) is 2.48. The first-order valence-corrected chi connectivity index (χ1v) is 7.39. The first-order chi connectivity index (χ1) is 9.70. The minimum Gasteiger partial charge on any atom is -0.496 e. The van der Waals surface area contributed by atoms with E-state index in [0.29, 0.717) is 6.04 Å². The highest BCUT2D eigenvalue weighted by Crippen LogP contribution is 2.16. The van der Waals surface area contributed by atoms with Crippen LogP contribution in [0.5, 0.6) is 5.75 Å². The number of benzene rings is 1. The molecule has 1 aromatic carbocycles. The van der Waals surface area contributed by atoms with Crippen molar-refractivity contribution in [3.63, 3.8) is 0 Å². The first-order valence-electron chi connectivity index (χ1n) is 7.39. The Bertz CT molecular complexity index is 409. The third kappa shape index (κ3) is 4.20. The van der Waals surface area contributed by atoms with Gasteiger partial charge in [-0.25, -0.2) is 0 Å². The lowest BCUT2D eigenvalue weighted by molar-refractivity contribution is -0.0372. The van der Waals surface area contributed by atoms with Gasteiger partial charge in [0.2, 0.25) is 0 Å². The Labute approximate surface area is 122 Å². The van der Waals surface area contributed by atoms with Gasteiger partial charge in [0.25, 0.3) is 0 Å². The largest absolute Gasteiger partial charge is 0.496 e. The highest BCUT2D eigenvalue weighted by Gasteiger charge is 2.21. The Morgan fingerprint density at radius 3 is 2.95 bits per heavy atom. The van der Waals surface area contributed by atoms with Crippen molar-refractivity contribution in [1.82, 2.24) is 10.2 Å². The maximum Gasteiger partial charge on any atom is 0.123 e. The van der Waals surface area contributed by atoms with Crippen LogP contribution >= 0.6 is 0 Å². The van der Waals surface area contributed by atoms with Crippen LogP contribution in [0.25, 0.3) is 0 Å². The molecule has 2 rings (SSSR count). The minimum absolute atomic E-state index is 0.279. The fraction of sp³-hybridized carbons (Fsp3) is 0.625. The number of para-hydroxylation sites is 1. The fourth-order valence-electron chi connectivity index (χ4n) is 2.55. The molecule has 1 heterocycles. The van der Waals surface area contributed by atoms with E-state index in [-0.39, 0.29) is 6.10 Å². The molecular formula is C16H26N2O2. The minimum atomic E-state index is 0.279. The van der Waals surface area contributed by atoms with E-state index in [1.54, 1.807) is 7.11 Å². The van der Waals surface area contributed by atoms with E-state index in [4.69, 9.17) is 9.47 Å². The molecule has 1 aliphatic heterocycles. The molecule has 1 N–H and O–H groups in total. The van der Waals surface area contributed by atoms with E-state index in [9.17, 15) is 0 Å². The number of nitrogens with zero attached hydrogens (tertiary/aromatic N) is 1. The Balaban J connectivity index is 1.78. The lowest BCUT2D eigenvalue weighted by Gasteiger charge is -2.35. The van der Waals surface area contributed by atoms with Crippen LogP contribution in [0.1, 0.15) is 19.4 Å². The number of nitrogens with one attached hydrogen (secondary N) is 1. The van der Waals surface area contributed by atoms with Gasteiger partial charge in [0.15, 0.2) is 0 Å². The van der Waals surface area contributed by atoms with Crippen LogP contribution in [0.2, 0.25) is 0 Å². The standard InChI is InChI=1S/C16H26N2O2/c1-13(2)18-8-9-20-15(12-18)11-17-10-14-6-4-5-7-16(14)19-3/h4-7,13,15,17H,8-12H2,1-3H3. The van der Waals surface area contributed by atoms with E-state index in [1.807, 2.05) is 18.2 Å². The third-order valence-corrected chi connectivity index (χ3v) is 3.78. The molecule has 1 aliphatic rings. The van der Waals surface area contributed by atoms with E-state index in [1.165, 1.54) is 5.56 Å². The summed E-state index contributed by atoms with van der Waals surface area (Å²) < 4.78 is 11.2. The van der Waals surface area contributed by atoms with E-state index in [0.717, 1.165) is 38.5 Å². The van der Waals surface area contributed by atoms with Gasteiger partial charge in [0.05, 0.1) is 19.8 Å². The van der Waals surface area contributed by atoms with Gasteiger partial charge in [0, 0.05) is 37.8 Å². The monoisotopic (exact) mass is 278 g/mol. The van der Waals surface area contributed by atoms with Crippen LogP contribution in [0.4, 0.5) is 0 Å². The lowest BCUT2D eigenvalue weighted by atomic mass is 10.2. The Kier molecular flexibility index (Phi) is 5.83. The molecule has 0 radical (unpaired) electrons. The van der Waals surface area contributed by atoms with E-state index < -0.39 is 0 Å². The van der Waals surface area contributed by atoms with Crippen molar-refractivity contribution >= 4 is 0 Å². The Morgan fingerprint density at radius 1 is 1.40 bits per heavy atom. The molecule has 4 heteroatoms. The quantitative estimate of drug-likeness (QED) is 0.861. The Morgan fingerprint density at radius 2 is 2.20 bits per heavy atom. The van der Waals surface area contributed by atoms with Gasteiger partial charge >= 0.3 is 0 Å². The van der Waals surface area contributed by atoms with Gasteiger partial charge in [-0.15, -0.1) is 0 Å². The average molecular weight is 278 g/mol.